The SMILES string of the molecule is O=C(Nc1cccc2ncccc12)c1c[nH]c(=O)n(CC2CCCO2)c1=O. The lowest BCUT2D eigenvalue weighted by Crippen LogP contribution is -2.41. The number of ether oxygens (including phenoxy) is 1. The molecule has 1 aromatic carbocycles. The summed E-state index contributed by atoms with van der Waals surface area (Å²) >= 11 is 0. The summed E-state index contributed by atoms with van der Waals surface area (Å²) in [4.78, 5) is 44.1. The molecule has 0 radical (unpaired) electrons. The number of aromatic nitrogens is 3. The number of carbonyl (C=O) groups excluding carboxylic acids is 1. The van der Waals surface area contributed by atoms with E-state index in [-0.39, 0.29) is 18.2 Å². The van der Waals surface area contributed by atoms with Gasteiger partial charge in [-0.3, -0.25) is 19.1 Å². The largest absolute Gasteiger partial charge is 0.376 e. The van der Waals surface area contributed by atoms with Gasteiger partial charge < -0.3 is 15.0 Å². The molecular formula is C19H18N4O4. The molecule has 3 heterocycles. The summed E-state index contributed by atoms with van der Waals surface area (Å²) in [5.74, 6) is -0.589. The monoisotopic (exact) mass is 366 g/mol. The highest BCUT2D eigenvalue weighted by molar-refractivity contribution is 6.08. The van der Waals surface area contributed by atoms with E-state index in [4.69, 9.17) is 4.74 Å². The smallest absolute Gasteiger partial charge is 0.328 e. The van der Waals surface area contributed by atoms with Crippen LogP contribution in [0.25, 0.3) is 10.9 Å². The van der Waals surface area contributed by atoms with E-state index in [1.165, 1.54) is 0 Å². The van der Waals surface area contributed by atoms with Gasteiger partial charge in [0, 0.05) is 24.4 Å². The Labute approximate surface area is 153 Å². The molecule has 4 rings (SSSR count). The number of fused-ring (bicyclic) bond motifs is 1. The molecule has 0 aliphatic carbocycles. The zero-order valence-corrected chi connectivity index (χ0v) is 14.5. The van der Waals surface area contributed by atoms with Gasteiger partial charge in [-0.05, 0) is 37.1 Å². The van der Waals surface area contributed by atoms with E-state index in [9.17, 15) is 14.4 Å². The van der Waals surface area contributed by atoms with Crippen molar-refractivity contribution in [2.24, 2.45) is 0 Å². The van der Waals surface area contributed by atoms with Gasteiger partial charge in [0.15, 0.2) is 0 Å². The number of benzene rings is 1. The average Bonchev–Trinajstić information content (AvgIpc) is 3.18. The van der Waals surface area contributed by atoms with Gasteiger partial charge in [-0.1, -0.05) is 6.07 Å². The second-order valence-corrected chi connectivity index (χ2v) is 6.39. The molecule has 0 bridgehead atoms. The van der Waals surface area contributed by atoms with E-state index in [0.717, 1.165) is 34.5 Å². The molecule has 1 amide bonds. The lowest BCUT2D eigenvalue weighted by Gasteiger charge is -2.12. The first-order valence-corrected chi connectivity index (χ1v) is 8.73. The molecule has 1 unspecified atom stereocenters. The Balaban J connectivity index is 1.65. The van der Waals surface area contributed by atoms with Gasteiger partial charge in [-0.2, -0.15) is 0 Å². The molecule has 0 spiro atoms. The molecule has 1 atom stereocenters. The maximum atomic E-state index is 12.7. The summed E-state index contributed by atoms with van der Waals surface area (Å²) in [7, 11) is 0. The Morgan fingerprint density at radius 2 is 2.19 bits per heavy atom. The third-order valence-corrected chi connectivity index (χ3v) is 4.61. The molecule has 2 aromatic heterocycles. The molecule has 1 aliphatic rings. The number of pyridine rings is 1. The van der Waals surface area contributed by atoms with Gasteiger partial charge in [-0.15, -0.1) is 0 Å². The standard InChI is InChI=1S/C19H18N4O4/c24-17(22-16-7-1-6-15-13(16)5-2-8-20-15)14-10-21-19(26)23(18(14)25)11-12-4-3-9-27-12/h1-2,5-8,10,12H,3-4,9,11H2,(H,21,26)(H,22,24). The van der Waals surface area contributed by atoms with Crippen molar-refractivity contribution in [2.45, 2.75) is 25.5 Å². The van der Waals surface area contributed by atoms with E-state index < -0.39 is 17.2 Å². The van der Waals surface area contributed by atoms with Gasteiger partial charge in [0.05, 0.1) is 23.9 Å². The van der Waals surface area contributed by atoms with E-state index in [1.807, 2.05) is 12.1 Å². The molecule has 8 heteroatoms. The van der Waals surface area contributed by atoms with Gasteiger partial charge in [0.25, 0.3) is 11.5 Å². The molecule has 1 aliphatic heterocycles. The van der Waals surface area contributed by atoms with Crippen LogP contribution in [0.15, 0.2) is 52.3 Å². The number of hydrogen-bond acceptors (Lipinski definition) is 5. The fourth-order valence-corrected chi connectivity index (χ4v) is 3.23. The summed E-state index contributed by atoms with van der Waals surface area (Å²) < 4.78 is 6.51. The molecule has 27 heavy (non-hydrogen) atoms. The van der Waals surface area contributed by atoms with Crippen LogP contribution in [0.5, 0.6) is 0 Å². The first kappa shape index (κ1) is 17.2. The Hall–Kier alpha value is -3.26. The minimum Gasteiger partial charge on any atom is -0.376 e. The van der Waals surface area contributed by atoms with E-state index >= 15 is 0 Å². The fourth-order valence-electron chi connectivity index (χ4n) is 3.23. The summed E-state index contributed by atoms with van der Waals surface area (Å²) in [5.41, 5.74) is -0.0468. The number of carbonyl (C=O) groups is 1. The fraction of sp³-hybridized carbons (Fsp3) is 0.263. The molecule has 1 fully saturated rings. The van der Waals surface area contributed by atoms with Crippen molar-refractivity contribution in [2.75, 3.05) is 11.9 Å². The summed E-state index contributed by atoms with van der Waals surface area (Å²) in [6.45, 7) is 0.750. The first-order valence-electron chi connectivity index (χ1n) is 8.73. The van der Waals surface area contributed by atoms with Crippen LogP contribution in [0.2, 0.25) is 0 Å². The molecule has 138 valence electrons. The van der Waals surface area contributed by atoms with Crippen molar-refractivity contribution in [1.82, 2.24) is 14.5 Å². The maximum absolute atomic E-state index is 12.7. The highest BCUT2D eigenvalue weighted by Crippen LogP contribution is 2.21. The summed E-state index contributed by atoms with van der Waals surface area (Å²) in [5, 5.41) is 3.50. The van der Waals surface area contributed by atoms with E-state index in [1.54, 1.807) is 24.4 Å². The second kappa shape index (κ2) is 7.16. The Morgan fingerprint density at radius 1 is 1.30 bits per heavy atom. The van der Waals surface area contributed by atoms with Crippen LogP contribution in [-0.2, 0) is 11.3 Å². The third-order valence-electron chi connectivity index (χ3n) is 4.61. The predicted octanol–water partition coefficient (Wildman–Crippen LogP) is 1.52. The summed E-state index contributed by atoms with van der Waals surface area (Å²) in [6.07, 6.45) is 4.30. The number of hydrogen-bond donors (Lipinski definition) is 2. The van der Waals surface area contributed by atoms with Gasteiger partial charge >= 0.3 is 5.69 Å². The Kier molecular flexibility index (Phi) is 4.55. The number of nitrogens with zero attached hydrogens (tertiary/aromatic N) is 2. The topological polar surface area (TPSA) is 106 Å². The molecule has 8 nitrogen and oxygen atoms in total. The minimum atomic E-state index is -0.634. The van der Waals surface area contributed by atoms with Crippen LogP contribution in [0.4, 0.5) is 5.69 Å². The number of amides is 1. The number of anilines is 1. The van der Waals surface area contributed by atoms with Crippen LogP contribution < -0.4 is 16.6 Å². The van der Waals surface area contributed by atoms with Crippen molar-refractivity contribution < 1.29 is 9.53 Å². The quantitative estimate of drug-likeness (QED) is 0.728. The lowest BCUT2D eigenvalue weighted by atomic mass is 10.1. The van der Waals surface area contributed by atoms with Crippen LogP contribution in [0, 0.1) is 0 Å². The maximum Gasteiger partial charge on any atom is 0.328 e. The summed E-state index contributed by atoms with van der Waals surface area (Å²) in [6, 6.07) is 8.94. The lowest BCUT2D eigenvalue weighted by molar-refractivity contribution is 0.0941. The molecule has 3 aromatic rings. The predicted molar refractivity (Wildman–Crippen MR) is 100.0 cm³/mol. The highest BCUT2D eigenvalue weighted by atomic mass is 16.5. The number of nitrogens with one attached hydrogen (secondary N) is 2. The van der Waals surface area contributed by atoms with Crippen molar-refractivity contribution in [3.63, 3.8) is 0 Å². The van der Waals surface area contributed by atoms with Crippen LogP contribution in [-0.4, -0.2) is 33.2 Å². The van der Waals surface area contributed by atoms with Crippen molar-refractivity contribution in [3.05, 3.63) is 69.1 Å². The molecule has 1 saturated heterocycles. The number of rotatable bonds is 4. The zero-order chi connectivity index (χ0) is 18.8. The van der Waals surface area contributed by atoms with Crippen molar-refractivity contribution in [1.29, 1.82) is 0 Å². The average molecular weight is 366 g/mol. The van der Waals surface area contributed by atoms with E-state index in [0.29, 0.717) is 12.3 Å². The Bertz CT molecular complexity index is 1110. The number of H-pyrrole nitrogens is 1. The zero-order valence-electron chi connectivity index (χ0n) is 14.5. The minimum absolute atomic E-state index is 0.131. The molecule has 2 N–H and O–H groups in total. The normalized spacial score (nSPS) is 16.5. The van der Waals surface area contributed by atoms with Gasteiger partial charge in [0.2, 0.25) is 0 Å². The highest BCUT2D eigenvalue weighted by Gasteiger charge is 2.21. The van der Waals surface area contributed by atoms with Gasteiger partial charge in [-0.25, -0.2) is 4.79 Å². The third kappa shape index (κ3) is 3.39. The van der Waals surface area contributed by atoms with Crippen molar-refractivity contribution >= 4 is 22.5 Å². The molecular weight excluding hydrogens is 348 g/mol. The van der Waals surface area contributed by atoms with E-state index in [2.05, 4.69) is 15.3 Å². The van der Waals surface area contributed by atoms with Crippen LogP contribution >= 0.6 is 0 Å². The first-order chi connectivity index (χ1) is 13.1. The number of aromatic amines is 1. The Morgan fingerprint density at radius 3 is 3.00 bits per heavy atom. The van der Waals surface area contributed by atoms with Crippen molar-refractivity contribution in [3.8, 4) is 0 Å². The molecule has 0 saturated carbocycles. The van der Waals surface area contributed by atoms with Gasteiger partial charge in [0.1, 0.15) is 5.56 Å². The van der Waals surface area contributed by atoms with Crippen LogP contribution in [0.1, 0.15) is 23.2 Å². The van der Waals surface area contributed by atoms with Crippen LogP contribution in [0.3, 0.4) is 0 Å². The second-order valence-electron chi connectivity index (χ2n) is 6.39.